The maximum absolute atomic E-state index is 12.5. The van der Waals surface area contributed by atoms with Crippen LogP contribution in [0.2, 0.25) is 0 Å². The summed E-state index contributed by atoms with van der Waals surface area (Å²) in [7, 11) is 0. The smallest absolute Gasteiger partial charge is 0.268 e. The zero-order valence-electron chi connectivity index (χ0n) is 12.8. The van der Waals surface area contributed by atoms with Crippen LogP contribution in [0.25, 0.3) is 0 Å². The average Bonchev–Trinajstić information content (AvgIpc) is 3.33. The van der Waals surface area contributed by atoms with Crippen molar-refractivity contribution >= 4 is 11.6 Å². The van der Waals surface area contributed by atoms with Gasteiger partial charge < -0.3 is 15.4 Å². The molecule has 1 fully saturated rings. The van der Waals surface area contributed by atoms with E-state index in [2.05, 4.69) is 19.1 Å². The first-order valence-corrected chi connectivity index (χ1v) is 8.03. The highest BCUT2D eigenvalue weighted by molar-refractivity contribution is 6.00. The fourth-order valence-electron chi connectivity index (χ4n) is 2.99. The Kier molecular flexibility index (Phi) is 3.89. The molecule has 1 aromatic carbocycles. The second kappa shape index (κ2) is 5.68. The molecule has 0 bridgehead atoms. The first-order valence-electron chi connectivity index (χ1n) is 8.03. The molecule has 0 radical (unpaired) electrons. The molecule has 0 saturated heterocycles. The third-order valence-electron chi connectivity index (χ3n) is 4.42. The Labute approximate surface area is 126 Å². The van der Waals surface area contributed by atoms with Gasteiger partial charge in [-0.2, -0.15) is 0 Å². The molecule has 1 heterocycles. The molecule has 21 heavy (non-hydrogen) atoms. The predicted molar refractivity (Wildman–Crippen MR) is 83.4 cm³/mol. The van der Waals surface area contributed by atoms with Gasteiger partial charge in [0.2, 0.25) is 0 Å². The number of nitrogens with two attached hydrogens (primary N) is 1. The van der Waals surface area contributed by atoms with Crippen LogP contribution in [0.3, 0.4) is 0 Å². The Hall–Kier alpha value is -1.55. The lowest BCUT2D eigenvalue weighted by Gasteiger charge is -2.34. The molecule has 2 aliphatic rings. The van der Waals surface area contributed by atoms with Gasteiger partial charge in [0, 0.05) is 12.6 Å². The topological polar surface area (TPSA) is 55.6 Å². The number of fused-ring (bicyclic) bond motifs is 1. The van der Waals surface area contributed by atoms with Crippen LogP contribution in [0.4, 0.5) is 5.69 Å². The summed E-state index contributed by atoms with van der Waals surface area (Å²) in [6.07, 6.45) is 3.70. The lowest BCUT2D eigenvalue weighted by Crippen LogP contribution is -2.46. The molecule has 4 heteroatoms. The summed E-state index contributed by atoms with van der Waals surface area (Å²) in [5.74, 6) is 1.48. The molecule has 4 nitrogen and oxygen atoms in total. The van der Waals surface area contributed by atoms with E-state index in [0.29, 0.717) is 12.3 Å². The zero-order valence-corrected chi connectivity index (χ0v) is 12.8. The van der Waals surface area contributed by atoms with E-state index in [1.54, 1.807) is 0 Å². The van der Waals surface area contributed by atoms with Gasteiger partial charge in [0.05, 0.1) is 5.69 Å². The Bertz CT molecular complexity index is 540. The van der Waals surface area contributed by atoms with Gasteiger partial charge in [0.15, 0.2) is 6.10 Å². The average molecular weight is 288 g/mol. The fraction of sp³-hybridized carbons (Fsp3) is 0.588. The first kappa shape index (κ1) is 14.4. The lowest BCUT2D eigenvalue weighted by molar-refractivity contribution is -0.126. The normalized spacial score (nSPS) is 22.7. The summed E-state index contributed by atoms with van der Waals surface area (Å²) in [6.45, 7) is 4.80. The van der Waals surface area contributed by atoms with E-state index in [0.717, 1.165) is 30.0 Å². The molecule has 1 aliphatic heterocycles. The van der Waals surface area contributed by atoms with Crippen LogP contribution in [-0.2, 0) is 4.79 Å². The Morgan fingerprint density at radius 3 is 2.76 bits per heavy atom. The van der Waals surface area contributed by atoms with Gasteiger partial charge in [-0.1, -0.05) is 19.9 Å². The molecular formula is C17H24N2O2. The molecule has 0 spiro atoms. The molecular weight excluding hydrogens is 264 g/mol. The molecule has 1 saturated carbocycles. The van der Waals surface area contributed by atoms with Gasteiger partial charge in [-0.25, -0.2) is 0 Å². The molecule has 1 aromatic rings. The number of carbonyl (C=O) groups excluding carboxylic acids is 1. The highest BCUT2D eigenvalue weighted by Crippen LogP contribution is 2.42. The fourth-order valence-corrected chi connectivity index (χ4v) is 2.99. The molecule has 1 aliphatic carbocycles. The molecule has 2 unspecified atom stereocenters. The number of hydrogen-bond donors (Lipinski definition) is 1. The van der Waals surface area contributed by atoms with Crippen molar-refractivity contribution in [2.24, 2.45) is 11.7 Å². The standard InChI is InChI=1S/C17H24N2O2/c1-3-9-19-13-10-12(16(18)11-5-6-11)7-8-15(13)21-14(4-2)17(19)20/h7-8,10-11,14,16H,3-6,9,18H2,1-2H3. The molecule has 2 atom stereocenters. The molecule has 114 valence electrons. The maximum atomic E-state index is 12.5. The number of ether oxygens (including phenoxy) is 1. The number of hydrogen-bond acceptors (Lipinski definition) is 3. The third-order valence-corrected chi connectivity index (χ3v) is 4.42. The second-order valence-corrected chi connectivity index (χ2v) is 6.09. The van der Waals surface area contributed by atoms with E-state index in [-0.39, 0.29) is 18.1 Å². The Balaban J connectivity index is 1.95. The van der Waals surface area contributed by atoms with Gasteiger partial charge in [0.1, 0.15) is 5.75 Å². The minimum absolute atomic E-state index is 0.0731. The Morgan fingerprint density at radius 1 is 1.38 bits per heavy atom. The Morgan fingerprint density at radius 2 is 2.14 bits per heavy atom. The maximum Gasteiger partial charge on any atom is 0.268 e. The van der Waals surface area contributed by atoms with Crippen molar-refractivity contribution in [3.63, 3.8) is 0 Å². The summed E-state index contributed by atoms with van der Waals surface area (Å²) in [4.78, 5) is 14.4. The zero-order chi connectivity index (χ0) is 15.0. The molecule has 3 rings (SSSR count). The number of nitrogens with zero attached hydrogens (tertiary/aromatic N) is 1. The van der Waals surface area contributed by atoms with Crippen LogP contribution in [0.5, 0.6) is 5.75 Å². The minimum atomic E-state index is -0.355. The molecule has 0 aromatic heterocycles. The van der Waals surface area contributed by atoms with E-state index in [4.69, 9.17) is 10.5 Å². The number of anilines is 1. The number of benzene rings is 1. The quantitative estimate of drug-likeness (QED) is 0.906. The number of rotatable bonds is 5. The van der Waals surface area contributed by atoms with E-state index in [9.17, 15) is 4.79 Å². The predicted octanol–water partition coefficient (Wildman–Crippen LogP) is 3.01. The van der Waals surface area contributed by atoms with E-state index in [1.807, 2.05) is 17.9 Å². The summed E-state index contributed by atoms with van der Waals surface area (Å²) >= 11 is 0. The third kappa shape index (κ3) is 2.64. The highest BCUT2D eigenvalue weighted by atomic mass is 16.5. The van der Waals surface area contributed by atoms with Crippen molar-refractivity contribution in [3.8, 4) is 5.75 Å². The van der Waals surface area contributed by atoms with Crippen LogP contribution in [0.15, 0.2) is 18.2 Å². The van der Waals surface area contributed by atoms with Crippen molar-refractivity contribution in [1.29, 1.82) is 0 Å². The summed E-state index contributed by atoms with van der Waals surface area (Å²) in [5.41, 5.74) is 8.30. The van der Waals surface area contributed by atoms with Gasteiger partial charge in [-0.15, -0.1) is 0 Å². The van der Waals surface area contributed by atoms with Crippen molar-refractivity contribution in [2.75, 3.05) is 11.4 Å². The molecule has 2 N–H and O–H groups in total. The lowest BCUT2D eigenvalue weighted by atomic mass is 10.0. The van der Waals surface area contributed by atoms with Crippen LogP contribution in [0.1, 0.15) is 51.1 Å². The van der Waals surface area contributed by atoms with Crippen LogP contribution in [-0.4, -0.2) is 18.6 Å². The van der Waals surface area contributed by atoms with Crippen LogP contribution >= 0.6 is 0 Å². The SMILES string of the molecule is CCCN1C(=O)C(CC)Oc2ccc(C(N)C3CC3)cc21. The minimum Gasteiger partial charge on any atom is -0.478 e. The summed E-state index contributed by atoms with van der Waals surface area (Å²) < 4.78 is 5.85. The molecule has 1 amide bonds. The van der Waals surface area contributed by atoms with Crippen LogP contribution in [0, 0.1) is 5.92 Å². The second-order valence-electron chi connectivity index (χ2n) is 6.09. The van der Waals surface area contributed by atoms with Gasteiger partial charge in [-0.05, 0) is 49.3 Å². The highest BCUT2D eigenvalue weighted by Gasteiger charge is 2.35. The first-order chi connectivity index (χ1) is 10.2. The van der Waals surface area contributed by atoms with E-state index < -0.39 is 0 Å². The number of carbonyl (C=O) groups is 1. The van der Waals surface area contributed by atoms with Gasteiger partial charge in [-0.3, -0.25) is 4.79 Å². The van der Waals surface area contributed by atoms with Crippen molar-refractivity contribution < 1.29 is 9.53 Å². The van der Waals surface area contributed by atoms with Crippen LogP contribution < -0.4 is 15.4 Å². The number of amides is 1. The monoisotopic (exact) mass is 288 g/mol. The van der Waals surface area contributed by atoms with E-state index in [1.165, 1.54) is 12.8 Å². The van der Waals surface area contributed by atoms with Gasteiger partial charge >= 0.3 is 0 Å². The largest absolute Gasteiger partial charge is 0.478 e. The summed E-state index contributed by atoms with van der Waals surface area (Å²) in [6, 6.07) is 6.16. The van der Waals surface area contributed by atoms with Crippen molar-refractivity contribution in [2.45, 2.75) is 51.7 Å². The van der Waals surface area contributed by atoms with Crippen molar-refractivity contribution in [1.82, 2.24) is 0 Å². The van der Waals surface area contributed by atoms with Gasteiger partial charge in [0.25, 0.3) is 5.91 Å². The van der Waals surface area contributed by atoms with E-state index >= 15 is 0 Å². The summed E-state index contributed by atoms with van der Waals surface area (Å²) in [5, 5.41) is 0. The van der Waals surface area contributed by atoms with Crippen molar-refractivity contribution in [3.05, 3.63) is 23.8 Å².